The van der Waals surface area contributed by atoms with Gasteiger partial charge in [0.15, 0.2) is 5.65 Å². The average molecular weight is 450 g/mol. The van der Waals surface area contributed by atoms with Crippen molar-refractivity contribution in [2.75, 3.05) is 12.3 Å². The molecule has 1 saturated carbocycles. The van der Waals surface area contributed by atoms with E-state index in [0.717, 1.165) is 58.7 Å². The number of pyridine rings is 1. The predicted molar refractivity (Wildman–Crippen MR) is 132 cm³/mol. The van der Waals surface area contributed by atoms with Gasteiger partial charge in [-0.05, 0) is 44.2 Å². The van der Waals surface area contributed by atoms with Crippen LogP contribution in [0.25, 0.3) is 28.0 Å². The first kappa shape index (κ1) is 20.8. The molecule has 3 aromatic heterocycles. The fourth-order valence-corrected chi connectivity index (χ4v) is 5.64. The van der Waals surface area contributed by atoms with Crippen LogP contribution < -0.4 is 11.1 Å². The smallest absolute Gasteiger partial charge is 0.165 e. The van der Waals surface area contributed by atoms with Gasteiger partial charge in [-0.1, -0.05) is 36.4 Å². The molecular weight excluding hydrogens is 422 g/mol. The standard InChI is InChI=1S/C27H27N7/c28-11-10-22-25(20-12-17-6-8-21(13-20)30-14-17)33-27-23(16-32-34(27)26(22)29)19-7-9-24(31-15-19)18-4-2-1-3-5-18/h1-5,7,9,15-17,20-21,30H,6,8,10,12-14,29H2. The molecule has 2 saturated heterocycles. The van der Waals surface area contributed by atoms with Gasteiger partial charge in [-0.15, -0.1) is 0 Å². The molecule has 2 bridgehead atoms. The number of nitrogens with zero attached hydrogens (tertiary/aromatic N) is 5. The molecule has 7 heteroatoms. The van der Waals surface area contributed by atoms with Crippen molar-refractivity contribution in [1.29, 1.82) is 5.26 Å². The van der Waals surface area contributed by atoms with Crippen LogP contribution in [0.15, 0.2) is 54.9 Å². The van der Waals surface area contributed by atoms with Crippen LogP contribution in [-0.4, -0.2) is 32.2 Å². The van der Waals surface area contributed by atoms with Crippen molar-refractivity contribution in [3.8, 4) is 28.5 Å². The van der Waals surface area contributed by atoms with Crippen LogP contribution in [0.4, 0.5) is 5.82 Å². The number of nitrogens with one attached hydrogen (secondary N) is 1. The highest BCUT2D eigenvalue weighted by atomic mass is 15.3. The van der Waals surface area contributed by atoms with E-state index in [1.54, 1.807) is 10.7 Å². The van der Waals surface area contributed by atoms with E-state index in [1.165, 1.54) is 12.8 Å². The number of hydrogen-bond donors (Lipinski definition) is 2. The Morgan fingerprint density at radius 3 is 2.68 bits per heavy atom. The lowest BCUT2D eigenvalue weighted by atomic mass is 9.88. The van der Waals surface area contributed by atoms with E-state index in [-0.39, 0.29) is 6.42 Å². The molecule has 3 atom stereocenters. The molecule has 170 valence electrons. The van der Waals surface area contributed by atoms with Crippen molar-refractivity contribution in [3.63, 3.8) is 0 Å². The van der Waals surface area contributed by atoms with E-state index in [2.05, 4.69) is 39.7 Å². The fraction of sp³-hybridized carbons (Fsp3) is 0.333. The van der Waals surface area contributed by atoms with Crippen LogP contribution in [0.3, 0.4) is 0 Å². The molecule has 3 aliphatic rings. The maximum absolute atomic E-state index is 9.53. The zero-order valence-corrected chi connectivity index (χ0v) is 19.0. The number of hydrogen-bond acceptors (Lipinski definition) is 6. The molecule has 1 aliphatic carbocycles. The second-order valence-electron chi connectivity index (χ2n) is 9.50. The van der Waals surface area contributed by atoms with Gasteiger partial charge in [0.05, 0.1) is 30.1 Å². The first-order chi connectivity index (χ1) is 16.7. The van der Waals surface area contributed by atoms with E-state index in [4.69, 9.17) is 10.7 Å². The normalized spacial score (nSPS) is 21.9. The minimum atomic E-state index is 0.242. The fourth-order valence-electron chi connectivity index (χ4n) is 5.64. The lowest BCUT2D eigenvalue weighted by Gasteiger charge is -2.24. The maximum Gasteiger partial charge on any atom is 0.165 e. The number of nitrogen functional groups attached to an aromatic ring is 1. The largest absolute Gasteiger partial charge is 0.383 e. The van der Waals surface area contributed by atoms with Crippen LogP contribution >= 0.6 is 0 Å². The van der Waals surface area contributed by atoms with Crippen molar-refractivity contribution in [2.45, 2.75) is 44.1 Å². The van der Waals surface area contributed by atoms with Crippen LogP contribution in [-0.2, 0) is 6.42 Å². The molecule has 5 heterocycles. The van der Waals surface area contributed by atoms with Gasteiger partial charge in [0.25, 0.3) is 0 Å². The Morgan fingerprint density at radius 1 is 1.06 bits per heavy atom. The number of benzene rings is 1. The number of piperidine rings is 1. The molecule has 3 N–H and O–H groups in total. The van der Waals surface area contributed by atoms with Crippen molar-refractivity contribution in [1.82, 2.24) is 24.9 Å². The van der Waals surface area contributed by atoms with E-state index < -0.39 is 0 Å². The number of rotatable bonds is 4. The molecule has 7 nitrogen and oxygen atoms in total. The van der Waals surface area contributed by atoms with Gasteiger partial charge in [-0.25, -0.2) is 4.98 Å². The number of fused-ring (bicyclic) bond motifs is 5. The summed E-state index contributed by atoms with van der Waals surface area (Å²) in [6.07, 6.45) is 8.51. The minimum absolute atomic E-state index is 0.242. The molecule has 3 fully saturated rings. The van der Waals surface area contributed by atoms with Gasteiger partial charge >= 0.3 is 0 Å². The zero-order chi connectivity index (χ0) is 23.1. The van der Waals surface area contributed by atoms with Crippen LogP contribution in [0.5, 0.6) is 0 Å². The second-order valence-corrected chi connectivity index (χ2v) is 9.50. The van der Waals surface area contributed by atoms with Gasteiger partial charge < -0.3 is 11.1 Å². The second kappa shape index (κ2) is 8.54. The monoisotopic (exact) mass is 449 g/mol. The molecule has 3 unspecified atom stereocenters. The first-order valence-corrected chi connectivity index (χ1v) is 12.0. The summed E-state index contributed by atoms with van der Waals surface area (Å²) in [5, 5.41) is 17.8. The molecule has 34 heavy (non-hydrogen) atoms. The molecule has 1 aromatic carbocycles. The summed E-state index contributed by atoms with van der Waals surface area (Å²) in [5.41, 5.74) is 13.0. The number of nitrogens with two attached hydrogens (primary N) is 1. The third kappa shape index (κ3) is 3.61. The van der Waals surface area contributed by atoms with Crippen molar-refractivity contribution in [3.05, 3.63) is 66.1 Å². The summed E-state index contributed by atoms with van der Waals surface area (Å²) in [7, 11) is 0. The summed E-state index contributed by atoms with van der Waals surface area (Å²) >= 11 is 0. The Morgan fingerprint density at radius 2 is 1.94 bits per heavy atom. The van der Waals surface area contributed by atoms with Gasteiger partial charge in [0.1, 0.15) is 5.82 Å². The Hall–Kier alpha value is -3.76. The lowest BCUT2D eigenvalue weighted by Crippen LogP contribution is -2.35. The molecule has 2 aliphatic heterocycles. The summed E-state index contributed by atoms with van der Waals surface area (Å²) in [6, 6.07) is 17.0. The SMILES string of the molecule is N#CCc1c(C2CC3CCC(C2)NC3)nc2c(-c3ccc(-c4ccccc4)nc3)cnn2c1N. The van der Waals surface area contributed by atoms with E-state index in [9.17, 15) is 5.26 Å². The number of nitriles is 1. The lowest BCUT2D eigenvalue weighted by molar-refractivity contribution is 0.342. The molecule has 0 amide bonds. The quantitative estimate of drug-likeness (QED) is 0.480. The molecule has 0 radical (unpaired) electrons. The van der Waals surface area contributed by atoms with Crippen molar-refractivity contribution < 1.29 is 0 Å². The molecule has 0 spiro atoms. The topological polar surface area (TPSA) is 105 Å². The van der Waals surface area contributed by atoms with Gasteiger partial charge in [-0.2, -0.15) is 14.9 Å². The average Bonchev–Trinajstić information content (AvgIpc) is 3.07. The van der Waals surface area contributed by atoms with Crippen molar-refractivity contribution >= 4 is 11.5 Å². The third-order valence-electron chi connectivity index (χ3n) is 7.41. The zero-order valence-electron chi connectivity index (χ0n) is 19.0. The van der Waals surface area contributed by atoms with Gasteiger partial charge in [-0.3, -0.25) is 4.98 Å². The summed E-state index contributed by atoms with van der Waals surface area (Å²) < 4.78 is 1.68. The Kier molecular flexibility index (Phi) is 5.23. The highest BCUT2D eigenvalue weighted by molar-refractivity contribution is 5.79. The predicted octanol–water partition coefficient (Wildman–Crippen LogP) is 4.35. The van der Waals surface area contributed by atoms with Crippen LogP contribution in [0, 0.1) is 17.2 Å². The molecular formula is C27H27N7. The minimum Gasteiger partial charge on any atom is -0.383 e. The highest BCUT2D eigenvalue weighted by Crippen LogP contribution is 2.40. The van der Waals surface area contributed by atoms with Gasteiger partial charge in [0.2, 0.25) is 0 Å². The number of aromatic nitrogens is 4. The third-order valence-corrected chi connectivity index (χ3v) is 7.41. The summed E-state index contributed by atoms with van der Waals surface area (Å²) in [4.78, 5) is 9.83. The Bertz CT molecular complexity index is 1350. The first-order valence-electron chi connectivity index (χ1n) is 12.0. The van der Waals surface area contributed by atoms with E-state index in [1.807, 2.05) is 30.5 Å². The summed E-state index contributed by atoms with van der Waals surface area (Å²) in [5.74, 6) is 1.47. The Balaban J connectivity index is 1.44. The molecule has 7 rings (SSSR count). The number of anilines is 1. The summed E-state index contributed by atoms with van der Waals surface area (Å²) in [6.45, 7) is 1.07. The highest BCUT2D eigenvalue weighted by Gasteiger charge is 2.34. The van der Waals surface area contributed by atoms with Crippen molar-refractivity contribution in [2.24, 2.45) is 5.92 Å². The van der Waals surface area contributed by atoms with Gasteiger partial charge in [0, 0.05) is 40.4 Å². The van der Waals surface area contributed by atoms with E-state index in [0.29, 0.717) is 23.7 Å². The van der Waals surface area contributed by atoms with Crippen LogP contribution in [0.1, 0.15) is 42.9 Å². The maximum atomic E-state index is 9.53. The van der Waals surface area contributed by atoms with Crippen LogP contribution in [0.2, 0.25) is 0 Å². The van der Waals surface area contributed by atoms with E-state index >= 15 is 0 Å². The molecule has 4 aromatic rings. The Labute approximate surface area is 198 Å².